The maximum absolute atomic E-state index is 5.43. The van der Waals surface area contributed by atoms with E-state index in [1.807, 2.05) is 0 Å². The maximum Gasteiger partial charge on any atom is 0.0604 e. The molecular weight excluding hydrogens is 100 g/mol. The Hall–Kier alpha value is -0.0400. The van der Waals surface area contributed by atoms with E-state index in [-0.39, 0.29) is 0 Å². The fourth-order valence-electron chi connectivity index (χ4n) is 1.64. The van der Waals surface area contributed by atoms with E-state index in [9.17, 15) is 0 Å². The Labute approximate surface area is 50.0 Å². The van der Waals surface area contributed by atoms with Crippen LogP contribution >= 0.6 is 0 Å². The molecule has 0 aromatic heterocycles. The standard InChI is InChI=1S/C7H12O/c1-6-7(2-3-7)4-5-8-6/h6H,2-5H2,1H3. The van der Waals surface area contributed by atoms with Gasteiger partial charge in [0.2, 0.25) is 0 Å². The number of hydrogen-bond donors (Lipinski definition) is 0. The zero-order chi connectivity index (χ0) is 5.61. The van der Waals surface area contributed by atoms with E-state index in [2.05, 4.69) is 6.92 Å². The first-order chi connectivity index (χ1) is 3.83. The van der Waals surface area contributed by atoms with Crippen LogP contribution in [0.25, 0.3) is 0 Å². The molecule has 1 atom stereocenters. The van der Waals surface area contributed by atoms with Crippen molar-refractivity contribution in [3.05, 3.63) is 0 Å². The number of rotatable bonds is 0. The molecule has 1 aliphatic carbocycles. The van der Waals surface area contributed by atoms with Gasteiger partial charge in [-0.1, -0.05) is 0 Å². The van der Waals surface area contributed by atoms with E-state index in [1.165, 1.54) is 19.3 Å². The molecule has 1 nitrogen and oxygen atoms in total. The predicted octanol–water partition coefficient (Wildman–Crippen LogP) is 1.58. The Bertz CT molecular complexity index is 105. The molecule has 1 saturated heterocycles. The lowest BCUT2D eigenvalue weighted by Gasteiger charge is -2.08. The smallest absolute Gasteiger partial charge is 0.0604 e. The molecule has 1 heterocycles. The topological polar surface area (TPSA) is 9.23 Å². The summed E-state index contributed by atoms with van der Waals surface area (Å²) >= 11 is 0. The molecule has 0 bridgehead atoms. The number of hydrogen-bond acceptors (Lipinski definition) is 1. The largest absolute Gasteiger partial charge is 0.378 e. The molecule has 1 heteroatoms. The van der Waals surface area contributed by atoms with Gasteiger partial charge in [0, 0.05) is 6.61 Å². The minimum absolute atomic E-state index is 0.572. The molecule has 0 amide bonds. The lowest BCUT2D eigenvalue weighted by atomic mass is 10.0. The molecule has 1 spiro atoms. The van der Waals surface area contributed by atoms with Crippen molar-refractivity contribution >= 4 is 0 Å². The predicted molar refractivity (Wildman–Crippen MR) is 31.7 cm³/mol. The van der Waals surface area contributed by atoms with Crippen LogP contribution < -0.4 is 0 Å². The van der Waals surface area contributed by atoms with Gasteiger partial charge in [0.1, 0.15) is 0 Å². The van der Waals surface area contributed by atoms with Gasteiger partial charge in [-0.2, -0.15) is 0 Å². The molecular formula is C7H12O. The Morgan fingerprint density at radius 3 is 2.38 bits per heavy atom. The first kappa shape index (κ1) is 4.80. The van der Waals surface area contributed by atoms with E-state index < -0.39 is 0 Å². The van der Waals surface area contributed by atoms with Crippen molar-refractivity contribution in [3.8, 4) is 0 Å². The normalized spacial score (nSPS) is 40.9. The highest BCUT2D eigenvalue weighted by Crippen LogP contribution is 2.55. The zero-order valence-corrected chi connectivity index (χ0v) is 5.31. The van der Waals surface area contributed by atoms with Crippen LogP contribution in [-0.4, -0.2) is 12.7 Å². The van der Waals surface area contributed by atoms with Gasteiger partial charge in [0.15, 0.2) is 0 Å². The fraction of sp³-hybridized carbons (Fsp3) is 1.00. The summed E-state index contributed by atoms with van der Waals surface area (Å²) < 4.78 is 5.43. The van der Waals surface area contributed by atoms with Gasteiger partial charge in [-0.05, 0) is 31.6 Å². The van der Waals surface area contributed by atoms with Crippen molar-refractivity contribution in [1.29, 1.82) is 0 Å². The molecule has 2 fully saturated rings. The molecule has 0 aromatic carbocycles. The second-order valence-corrected chi connectivity index (χ2v) is 3.13. The second kappa shape index (κ2) is 1.27. The van der Waals surface area contributed by atoms with E-state index in [0.29, 0.717) is 11.5 Å². The lowest BCUT2D eigenvalue weighted by molar-refractivity contribution is 0.0998. The molecule has 0 aromatic rings. The van der Waals surface area contributed by atoms with Crippen molar-refractivity contribution in [3.63, 3.8) is 0 Å². The first-order valence-corrected chi connectivity index (χ1v) is 3.45. The fourth-order valence-corrected chi connectivity index (χ4v) is 1.64. The van der Waals surface area contributed by atoms with Gasteiger partial charge < -0.3 is 4.74 Å². The maximum atomic E-state index is 5.43. The summed E-state index contributed by atoms with van der Waals surface area (Å²) in [5.41, 5.74) is 0.681. The van der Waals surface area contributed by atoms with Crippen molar-refractivity contribution < 1.29 is 4.74 Å². The summed E-state index contributed by atoms with van der Waals surface area (Å²) in [5, 5.41) is 0. The molecule has 1 saturated carbocycles. The van der Waals surface area contributed by atoms with Crippen molar-refractivity contribution in [1.82, 2.24) is 0 Å². The Morgan fingerprint density at radius 2 is 2.12 bits per heavy atom. The van der Waals surface area contributed by atoms with Gasteiger partial charge >= 0.3 is 0 Å². The van der Waals surface area contributed by atoms with Gasteiger partial charge in [-0.25, -0.2) is 0 Å². The third kappa shape index (κ3) is 0.455. The number of ether oxygens (including phenoxy) is 1. The monoisotopic (exact) mass is 112 g/mol. The third-order valence-electron chi connectivity index (χ3n) is 2.72. The van der Waals surface area contributed by atoms with E-state index in [1.54, 1.807) is 0 Å². The molecule has 2 aliphatic rings. The van der Waals surface area contributed by atoms with Gasteiger partial charge in [-0.3, -0.25) is 0 Å². The molecule has 1 unspecified atom stereocenters. The summed E-state index contributed by atoms with van der Waals surface area (Å²) in [7, 11) is 0. The SMILES string of the molecule is CC1OCCC12CC2. The van der Waals surface area contributed by atoms with Crippen molar-refractivity contribution in [2.45, 2.75) is 32.3 Å². The van der Waals surface area contributed by atoms with Crippen LogP contribution in [0.15, 0.2) is 0 Å². The minimum Gasteiger partial charge on any atom is -0.378 e. The summed E-state index contributed by atoms with van der Waals surface area (Å²) in [5.74, 6) is 0. The Balaban J connectivity index is 2.12. The average Bonchev–Trinajstić information content (AvgIpc) is 2.39. The van der Waals surface area contributed by atoms with Crippen molar-refractivity contribution in [2.75, 3.05) is 6.61 Å². The highest BCUT2D eigenvalue weighted by molar-refractivity contribution is 5.00. The van der Waals surface area contributed by atoms with Gasteiger partial charge in [0.05, 0.1) is 6.10 Å². The van der Waals surface area contributed by atoms with Crippen LogP contribution in [0.5, 0.6) is 0 Å². The molecule has 2 rings (SSSR count). The molecule has 0 N–H and O–H groups in total. The van der Waals surface area contributed by atoms with Crippen LogP contribution in [0.1, 0.15) is 26.2 Å². The Kier molecular flexibility index (Phi) is 0.762. The van der Waals surface area contributed by atoms with E-state index in [0.717, 1.165) is 6.61 Å². The van der Waals surface area contributed by atoms with Crippen LogP contribution in [-0.2, 0) is 4.74 Å². The Morgan fingerprint density at radius 1 is 1.38 bits per heavy atom. The molecule has 0 radical (unpaired) electrons. The average molecular weight is 112 g/mol. The van der Waals surface area contributed by atoms with Crippen molar-refractivity contribution in [2.24, 2.45) is 5.41 Å². The van der Waals surface area contributed by atoms with Crippen LogP contribution in [0.2, 0.25) is 0 Å². The highest BCUT2D eigenvalue weighted by atomic mass is 16.5. The summed E-state index contributed by atoms with van der Waals surface area (Å²) in [6, 6.07) is 0. The highest BCUT2D eigenvalue weighted by Gasteiger charge is 2.50. The van der Waals surface area contributed by atoms with Crippen LogP contribution in [0.3, 0.4) is 0 Å². The zero-order valence-electron chi connectivity index (χ0n) is 5.31. The molecule has 1 aliphatic heterocycles. The third-order valence-corrected chi connectivity index (χ3v) is 2.72. The second-order valence-electron chi connectivity index (χ2n) is 3.13. The van der Waals surface area contributed by atoms with E-state index in [4.69, 9.17) is 4.74 Å². The molecule has 8 heavy (non-hydrogen) atoms. The quantitative estimate of drug-likeness (QED) is 0.462. The van der Waals surface area contributed by atoms with Gasteiger partial charge in [-0.15, -0.1) is 0 Å². The summed E-state index contributed by atoms with van der Waals surface area (Å²) in [6.45, 7) is 3.22. The van der Waals surface area contributed by atoms with Crippen LogP contribution in [0, 0.1) is 5.41 Å². The summed E-state index contributed by atoms with van der Waals surface area (Å²) in [6.07, 6.45) is 4.75. The lowest BCUT2D eigenvalue weighted by Crippen LogP contribution is -2.10. The molecule has 46 valence electrons. The minimum atomic E-state index is 0.572. The van der Waals surface area contributed by atoms with E-state index >= 15 is 0 Å². The summed E-state index contributed by atoms with van der Waals surface area (Å²) in [4.78, 5) is 0. The first-order valence-electron chi connectivity index (χ1n) is 3.45. The van der Waals surface area contributed by atoms with Crippen LogP contribution in [0.4, 0.5) is 0 Å². The van der Waals surface area contributed by atoms with Gasteiger partial charge in [0.25, 0.3) is 0 Å².